The van der Waals surface area contributed by atoms with Crippen LogP contribution < -0.4 is 0 Å². The second kappa shape index (κ2) is 7.29. The van der Waals surface area contributed by atoms with E-state index in [0.29, 0.717) is 29.7 Å². The quantitative estimate of drug-likeness (QED) is 0.653. The molecule has 5 nitrogen and oxygen atoms in total. The predicted octanol–water partition coefficient (Wildman–Crippen LogP) is 4.71. The highest BCUT2D eigenvalue weighted by Crippen LogP contribution is 2.47. The van der Waals surface area contributed by atoms with Gasteiger partial charge >= 0.3 is 5.97 Å². The Morgan fingerprint density at radius 3 is 2.59 bits per heavy atom. The standard InChI is InChI=1S/C22H19NO4S2/c23-14-15-3-4-17-12-18(6-5-16(17)11-15)19-7-8-20(28-19)22(13-21(24)25)9-1-2-10-29(22,26)27/h3-8,11-12H,1-2,9-10,13H2,(H,24,25)/t22-/m0/s1. The van der Waals surface area contributed by atoms with Crippen molar-refractivity contribution in [3.8, 4) is 16.5 Å². The molecule has 0 spiro atoms. The van der Waals surface area contributed by atoms with Gasteiger partial charge in [0.15, 0.2) is 9.84 Å². The van der Waals surface area contributed by atoms with Gasteiger partial charge in [-0.15, -0.1) is 11.3 Å². The number of carbonyl (C=O) groups is 1. The summed E-state index contributed by atoms with van der Waals surface area (Å²) in [5.41, 5.74) is 1.54. The van der Waals surface area contributed by atoms with Crippen molar-refractivity contribution in [2.24, 2.45) is 0 Å². The van der Waals surface area contributed by atoms with Gasteiger partial charge < -0.3 is 5.11 Å². The largest absolute Gasteiger partial charge is 0.481 e. The van der Waals surface area contributed by atoms with E-state index >= 15 is 0 Å². The molecule has 0 unspecified atom stereocenters. The van der Waals surface area contributed by atoms with Gasteiger partial charge in [0.2, 0.25) is 0 Å². The Morgan fingerprint density at radius 2 is 1.86 bits per heavy atom. The third-order valence-electron chi connectivity index (χ3n) is 5.58. The van der Waals surface area contributed by atoms with Gasteiger partial charge in [-0.25, -0.2) is 8.42 Å². The summed E-state index contributed by atoms with van der Waals surface area (Å²) in [4.78, 5) is 13.0. The van der Waals surface area contributed by atoms with Crippen molar-refractivity contribution in [2.45, 2.75) is 30.4 Å². The molecule has 1 fully saturated rings. The molecule has 0 radical (unpaired) electrons. The molecule has 7 heteroatoms. The molecule has 0 bridgehead atoms. The molecule has 3 aromatic rings. The van der Waals surface area contributed by atoms with E-state index in [2.05, 4.69) is 6.07 Å². The monoisotopic (exact) mass is 425 g/mol. The van der Waals surface area contributed by atoms with Crippen molar-refractivity contribution in [3.63, 3.8) is 0 Å². The second-order valence-corrected chi connectivity index (χ2v) is 10.9. The first-order valence-corrected chi connectivity index (χ1v) is 11.8. The summed E-state index contributed by atoms with van der Waals surface area (Å²) >= 11 is 1.36. The van der Waals surface area contributed by atoms with E-state index in [1.54, 1.807) is 12.1 Å². The van der Waals surface area contributed by atoms with Gasteiger partial charge in [0, 0.05) is 9.75 Å². The minimum Gasteiger partial charge on any atom is -0.481 e. The number of benzene rings is 2. The first-order chi connectivity index (χ1) is 13.8. The van der Waals surface area contributed by atoms with E-state index in [-0.39, 0.29) is 5.75 Å². The second-order valence-electron chi connectivity index (χ2n) is 7.39. The number of nitriles is 1. The van der Waals surface area contributed by atoms with Crippen molar-refractivity contribution in [1.82, 2.24) is 0 Å². The minimum atomic E-state index is -3.55. The van der Waals surface area contributed by atoms with Crippen LogP contribution in [0.4, 0.5) is 0 Å². The number of hydrogen-bond acceptors (Lipinski definition) is 5. The zero-order chi connectivity index (χ0) is 20.6. The van der Waals surface area contributed by atoms with Crippen LogP contribution in [0.15, 0.2) is 48.5 Å². The zero-order valence-electron chi connectivity index (χ0n) is 15.6. The summed E-state index contributed by atoms with van der Waals surface area (Å²) in [6.07, 6.45) is 1.23. The molecule has 1 atom stereocenters. The maximum absolute atomic E-state index is 12.9. The molecule has 0 aliphatic carbocycles. The number of aliphatic carboxylic acids is 1. The van der Waals surface area contributed by atoms with Gasteiger partial charge in [-0.1, -0.05) is 24.6 Å². The van der Waals surface area contributed by atoms with Crippen molar-refractivity contribution >= 4 is 37.9 Å². The van der Waals surface area contributed by atoms with E-state index in [9.17, 15) is 18.3 Å². The van der Waals surface area contributed by atoms with Gasteiger partial charge in [0.25, 0.3) is 0 Å². The molecular formula is C22H19NO4S2. The van der Waals surface area contributed by atoms with Gasteiger partial charge in [-0.05, 0) is 59.5 Å². The van der Waals surface area contributed by atoms with E-state index in [1.165, 1.54) is 11.3 Å². The van der Waals surface area contributed by atoms with Crippen LogP contribution in [0.3, 0.4) is 0 Å². The maximum atomic E-state index is 12.9. The number of thiophene rings is 1. The fraction of sp³-hybridized carbons (Fsp3) is 0.273. The van der Waals surface area contributed by atoms with E-state index in [4.69, 9.17) is 5.26 Å². The number of carboxylic acid groups (broad SMARTS) is 1. The highest BCUT2D eigenvalue weighted by atomic mass is 32.2. The number of sulfone groups is 1. The van der Waals surface area contributed by atoms with Crippen LogP contribution in [0, 0.1) is 11.3 Å². The Bertz CT molecular complexity index is 1250. The first-order valence-electron chi connectivity index (χ1n) is 9.33. The number of carboxylic acids is 1. The van der Waals surface area contributed by atoms with Crippen LogP contribution in [0.25, 0.3) is 21.2 Å². The Morgan fingerprint density at radius 1 is 1.10 bits per heavy atom. The van der Waals surface area contributed by atoms with Gasteiger partial charge in [-0.2, -0.15) is 5.26 Å². The lowest BCUT2D eigenvalue weighted by Crippen LogP contribution is -2.41. The summed E-state index contributed by atoms with van der Waals surface area (Å²) in [5.74, 6) is -1.06. The Balaban J connectivity index is 1.78. The summed E-state index contributed by atoms with van der Waals surface area (Å²) in [5, 5.41) is 20.4. The lowest BCUT2D eigenvalue weighted by Gasteiger charge is -2.34. The Labute approximate surface area is 173 Å². The van der Waals surface area contributed by atoms with Crippen LogP contribution in [0.2, 0.25) is 0 Å². The lowest BCUT2D eigenvalue weighted by molar-refractivity contribution is -0.137. The van der Waals surface area contributed by atoms with Crippen molar-refractivity contribution in [2.75, 3.05) is 5.75 Å². The number of fused-ring (bicyclic) bond motifs is 1. The van der Waals surface area contributed by atoms with Crippen molar-refractivity contribution in [1.29, 1.82) is 5.26 Å². The molecule has 29 heavy (non-hydrogen) atoms. The molecule has 1 aliphatic heterocycles. The zero-order valence-corrected chi connectivity index (χ0v) is 17.2. The van der Waals surface area contributed by atoms with Crippen LogP contribution in [0.5, 0.6) is 0 Å². The van der Waals surface area contributed by atoms with Gasteiger partial charge in [-0.3, -0.25) is 4.79 Å². The number of rotatable bonds is 4. The van der Waals surface area contributed by atoms with Gasteiger partial charge in [0.1, 0.15) is 4.75 Å². The molecular weight excluding hydrogens is 406 g/mol. The molecule has 1 N–H and O–H groups in total. The fourth-order valence-corrected chi connectivity index (χ4v) is 7.83. The smallest absolute Gasteiger partial charge is 0.305 e. The summed E-state index contributed by atoms with van der Waals surface area (Å²) in [6.45, 7) is 0. The summed E-state index contributed by atoms with van der Waals surface area (Å²) < 4.78 is 24.5. The third-order valence-corrected chi connectivity index (χ3v) is 9.64. The third kappa shape index (κ3) is 3.43. The van der Waals surface area contributed by atoms with Crippen molar-refractivity contribution < 1.29 is 18.3 Å². The average Bonchev–Trinajstić information content (AvgIpc) is 3.19. The fourth-order valence-electron chi connectivity index (χ4n) is 4.07. The highest BCUT2D eigenvalue weighted by Gasteiger charge is 2.49. The van der Waals surface area contributed by atoms with Crippen LogP contribution in [-0.2, 0) is 19.4 Å². The predicted molar refractivity (Wildman–Crippen MR) is 114 cm³/mol. The molecule has 1 saturated heterocycles. The first kappa shape index (κ1) is 19.6. The van der Waals surface area contributed by atoms with Crippen LogP contribution in [-0.4, -0.2) is 25.2 Å². The summed E-state index contributed by atoms with van der Waals surface area (Å²) in [6, 6.07) is 17.2. The molecule has 0 amide bonds. The normalized spacial score (nSPS) is 20.9. The minimum absolute atomic E-state index is 0.0325. The van der Waals surface area contributed by atoms with Crippen molar-refractivity contribution in [3.05, 3.63) is 59.0 Å². The summed E-state index contributed by atoms with van der Waals surface area (Å²) in [7, 11) is -3.55. The van der Waals surface area contributed by atoms with Crippen LogP contribution >= 0.6 is 11.3 Å². The number of nitrogens with zero attached hydrogens (tertiary/aromatic N) is 1. The topological polar surface area (TPSA) is 95.2 Å². The SMILES string of the molecule is N#Cc1ccc2cc(-c3ccc([C@@]4(CC(=O)O)CCCCS4(=O)=O)s3)ccc2c1. The lowest BCUT2D eigenvalue weighted by atomic mass is 9.95. The maximum Gasteiger partial charge on any atom is 0.305 e. The Kier molecular flexibility index (Phi) is 4.93. The van der Waals surface area contributed by atoms with E-state index in [0.717, 1.165) is 21.2 Å². The molecule has 1 aliphatic rings. The molecule has 2 aromatic carbocycles. The van der Waals surface area contributed by atoms with E-state index < -0.39 is 27.0 Å². The molecule has 148 valence electrons. The molecule has 4 rings (SSSR count). The number of hydrogen-bond donors (Lipinski definition) is 1. The molecule has 0 saturated carbocycles. The molecule has 2 heterocycles. The van der Waals surface area contributed by atoms with Gasteiger partial charge in [0.05, 0.1) is 23.8 Å². The average molecular weight is 426 g/mol. The van der Waals surface area contributed by atoms with E-state index in [1.807, 2.05) is 36.4 Å². The molecule has 1 aromatic heterocycles. The Hall–Kier alpha value is -2.69. The van der Waals surface area contributed by atoms with Crippen LogP contribution in [0.1, 0.15) is 36.1 Å². The highest BCUT2D eigenvalue weighted by molar-refractivity contribution is 7.92.